The highest BCUT2D eigenvalue weighted by Gasteiger charge is 2.32. The summed E-state index contributed by atoms with van der Waals surface area (Å²) >= 11 is 1.56. The number of amides is 1. The lowest BCUT2D eigenvalue weighted by molar-refractivity contribution is -0.139. The molecule has 1 atom stereocenters. The minimum Gasteiger partial charge on any atom is -0.335 e. The van der Waals surface area contributed by atoms with E-state index in [9.17, 15) is 9.18 Å². The average Bonchev–Trinajstić information content (AvgIpc) is 2.99. The molecule has 1 saturated heterocycles. The second-order valence-electron chi connectivity index (χ2n) is 7.01. The van der Waals surface area contributed by atoms with Crippen molar-refractivity contribution in [2.24, 2.45) is 11.8 Å². The van der Waals surface area contributed by atoms with Gasteiger partial charge in [0.05, 0.1) is 6.54 Å². The Kier molecular flexibility index (Phi) is 5.54. The molecule has 0 aliphatic carbocycles. The molecule has 1 aliphatic heterocycles. The van der Waals surface area contributed by atoms with Crippen molar-refractivity contribution in [1.82, 2.24) is 10.2 Å². The lowest BCUT2D eigenvalue weighted by Gasteiger charge is -2.36. The number of thiophene rings is 1. The quantitative estimate of drug-likeness (QED) is 0.839. The molecule has 0 radical (unpaired) electrons. The Morgan fingerprint density at radius 3 is 2.56 bits per heavy atom. The number of hydrogen-bond acceptors (Lipinski definition) is 3. The molecule has 0 spiro atoms. The zero-order chi connectivity index (χ0) is 18.0. The number of nitrogens with zero attached hydrogens (tertiary/aromatic N) is 1. The van der Waals surface area contributed by atoms with Crippen LogP contribution in [0.1, 0.15) is 25.6 Å². The van der Waals surface area contributed by atoms with Gasteiger partial charge in [-0.25, -0.2) is 4.39 Å². The van der Waals surface area contributed by atoms with Crippen molar-refractivity contribution in [3.63, 3.8) is 0 Å². The van der Waals surface area contributed by atoms with Crippen LogP contribution < -0.4 is 5.32 Å². The number of benzene rings is 1. The van der Waals surface area contributed by atoms with E-state index in [2.05, 4.69) is 19.2 Å². The predicted molar refractivity (Wildman–Crippen MR) is 101 cm³/mol. The van der Waals surface area contributed by atoms with Gasteiger partial charge in [0.15, 0.2) is 0 Å². The van der Waals surface area contributed by atoms with Crippen LogP contribution in [-0.4, -0.2) is 29.9 Å². The van der Waals surface area contributed by atoms with Crippen LogP contribution in [0.3, 0.4) is 0 Å². The molecular weight excluding hydrogens is 335 g/mol. The van der Waals surface area contributed by atoms with Crippen molar-refractivity contribution in [2.75, 3.05) is 13.1 Å². The van der Waals surface area contributed by atoms with Gasteiger partial charge in [-0.15, -0.1) is 11.3 Å². The van der Waals surface area contributed by atoms with E-state index in [1.54, 1.807) is 23.5 Å². The Morgan fingerprint density at radius 1 is 1.24 bits per heavy atom. The molecule has 1 fully saturated rings. The van der Waals surface area contributed by atoms with Gasteiger partial charge in [0, 0.05) is 27.3 Å². The van der Waals surface area contributed by atoms with Gasteiger partial charge < -0.3 is 10.2 Å². The summed E-state index contributed by atoms with van der Waals surface area (Å²) < 4.78 is 14.0. The molecule has 134 valence electrons. The Labute approximate surface area is 152 Å². The predicted octanol–water partition coefficient (Wildman–Crippen LogP) is 4.15. The maximum Gasteiger partial charge on any atom is 0.226 e. The van der Waals surface area contributed by atoms with Gasteiger partial charge in [-0.3, -0.25) is 4.79 Å². The van der Waals surface area contributed by atoms with E-state index in [-0.39, 0.29) is 23.7 Å². The van der Waals surface area contributed by atoms with E-state index in [0.717, 1.165) is 22.8 Å². The van der Waals surface area contributed by atoms with Crippen molar-refractivity contribution < 1.29 is 9.18 Å². The zero-order valence-corrected chi connectivity index (χ0v) is 15.8. The number of hydrogen-bond donors (Lipinski definition) is 1. The molecule has 1 N–H and O–H groups in total. The monoisotopic (exact) mass is 360 g/mol. The summed E-state index contributed by atoms with van der Waals surface area (Å²) in [6, 6.07) is 10.9. The van der Waals surface area contributed by atoms with Crippen molar-refractivity contribution in [2.45, 2.75) is 33.4 Å². The van der Waals surface area contributed by atoms with Gasteiger partial charge in [-0.2, -0.15) is 0 Å². The van der Waals surface area contributed by atoms with Crippen molar-refractivity contribution in [1.29, 1.82) is 0 Å². The molecule has 1 aromatic carbocycles. The van der Waals surface area contributed by atoms with Gasteiger partial charge >= 0.3 is 0 Å². The van der Waals surface area contributed by atoms with E-state index in [4.69, 9.17) is 0 Å². The van der Waals surface area contributed by atoms with Gasteiger partial charge in [-0.05, 0) is 51.1 Å². The normalized spacial score (nSPS) is 15.9. The number of rotatable bonds is 6. The highest BCUT2D eigenvalue weighted by molar-refractivity contribution is 7.15. The third-order valence-corrected chi connectivity index (χ3v) is 6.05. The number of carbonyl (C=O) groups excluding carboxylic acids is 1. The smallest absolute Gasteiger partial charge is 0.226 e. The molecule has 1 aliphatic rings. The summed E-state index contributed by atoms with van der Waals surface area (Å²) in [5.41, 5.74) is 0.620. The number of halogens is 1. The fraction of sp³-hybridized carbons (Fsp3) is 0.450. The van der Waals surface area contributed by atoms with Gasteiger partial charge in [0.2, 0.25) is 5.91 Å². The van der Waals surface area contributed by atoms with Crippen LogP contribution >= 0.6 is 11.3 Å². The molecule has 2 aromatic rings. The summed E-state index contributed by atoms with van der Waals surface area (Å²) in [7, 11) is 0. The van der Waals surface area contributed by atoms with E-state index in [1.165, 1.54) is 6.07 Å². The fourth-order valence-electron chi connectivity index (χ4n) is 3.08. The molecule has 3 rings (SSSR count). The van der Waals surface area contributed by atoms with Crippen LogP contribution in [0.2, 0.25) is 0 Å². The average molecular weight is 360 g/mol. The molecule has 1 amide bonds. The lowest BCUT2D eigenvalue weighted by atomic mass is 9.87. The van der Waals surface area contributed by atoms with E-state index in [1.807, 2.05) is 30.0 Å². The summed E-state index contributed by atoms with van der Waals surface area (Å²) in [5.74, 6) is 0.474. The van der Waals surface area contributed by atoms with Crippen LogP contribution in [0.15, 0.2) is 36.4 Å². The standard InChI is InChI=1S/C20H25FN2OS/c1-13(2)23(20(24)14(3)15-10-22-11-15)12-16-8-9-19(25-16)17-6-4-5-7-18(17)21/h4-9,13-15,22H,10-12H2,1-3H3. The first kappa shape index (κ1) is 18.1. The largest absolute Gasteiger partial charge is 0.335 e. The molecule has 1 unspecified atom stereocenters. The van der Waals surface area contributed by atoms with Gasteiger partial charge in [-0.1, -0.05) is 25.1 Å². The molecule has 5 heteroatoms. The number of carbonyl (C=O) groups is 1. The fourth-order valence-corrected chi connectivity index (χ4v) is 4.11. The first-order valence-corrected chi connectivity index (χ1v) is 9.64. The van der Waals surface area contributed by atoms with Crippen molar-refractivity contribution in [3.05, 3.63) is 47.1 Å². The Hall–Kier alpha value is -1.72. The van der Waals surface area contributed by atoms with Crippen LogP contribution in [0.4, 0.5) is 4.39 Å². The molecule has 25 heavy (non-hydrogen) atoms. The topological polar surface area (TPSA) is 32.3 Å². The van der Waals surface area contributed by atoms with Crippen LogP contribution in [0.5, 0.6) is 0 Å². The summed E-state index contributed by atoms with van der Waals surface area (Å²) in [6.45, 7) is 8.57. The highest BCUT2D eigenvalue weighted by atomic mass is 32.1. The molecular formula is C20H25FN2OS. The van der Waals surface area contributed by atoms with Crippen LogP contribution in [0.25, 0.3) is 10.4 Å². The first-order valence-electron chi connectivity index (χ1n) is 8.82. The van der Waals surface area contributed by atoms with E-state index < -0.39 is 0 Å². The van der Waals surface area contributed by atoms with Gasteiger partial charge in [0.1, 0.15) is 5.82 Å². The third kappa shape index (κ3) is 3.93. The highest BCUT2D eigenvalue weighted by Crippen LogP contribution is 2.31. The Balaban J connectivity index is 1.75. The SMILES string of the molecule is CC(C(=O)N(Cc1ccc(-c2ccccc2F)s1)C(C)C)C1CNC1. The molecule has 2 heterocycles. The van der Waals surface area contributed by atoms with Gasteiger partial charge in [0.25, 0.3) is 0 Å². The lowest BCUT2D eigenvalue weighted by Crippen LogP contribution is -2.51. The molecule has 1 aromatic heterocycles. The number of nitrogens with one attached hydrogen (secondary N) is 1. The summed E-state index contributed by atoms with van der Waals surface area (Å²) in [4.78, 5) is 16.8. The van der Waals surface area contributed by atoms with Crippen molar-refractivity contribution in [3.8, 4) is 10.4 Å². The minimum absolute atomic E-state index is 0.0367. The molecule has 3 nitrogen and oxygen atoms in total. The second-order valence-corrected chi connectivity index (χ2v) is 8.18. The van der Waals surface area contributed by atoms with Crippen LogP contribution in [-0.2, 0) is 11.3 Å². The second kappa shape index (κ2) is 7.67. The first-order chi connectivity index (χ1) is 12.0. The molecule has 0 bridgehead atoms. The summed E-state index contributed by atoms with van der Waals surface area (Å²) in [5, 5.41) is 3.24. The van der Waals surface area contributed by atoms with E-state index in [0.29, 0.717) is 18.0 Å². The zero-order valence-electron chi connectivity index (χ0n) is 15.0. The van der Waals surface area contributed by atoms with E-state index >= 15 is 0 Å². The molecule has 0 saturated carbocycles. The minimum atomic E-state index is -0.209. The summed E-state index contributed by atoms with van der Waals surface area (Å²) in [6.07, 6.45) is 0. The van der Waals surface area contributed by atoms with Crippen molar-refractivity contribution >= 4 is 17.2 Å². The Morgan fingerprint density at radius 2 is 1.96 bits per heavy atom. The maximum absolute atomic E-state index is 14.0. The maximum atomic E-state index is 14.0. The van der Waals surface area contributed by atoms with Crippen LogP contribution in [0, 0.1) is 17.7 Å². The Bertz CT molecular complexity index is 739. The third-order valence-electron chi connectivity index (χ3n) is 4.94.